The average molecular weight is 262 g/mol. The number of amides is 2. The highest BCUT2D eigenvalue weighted by molar-refractivity contribution is 5.95. The Labute approximate surface area is 112 Å². The van der Waals surface area contributed by atoms with Gasteiger partial charge >= 0.3 is 0 Å². The van der Waals surface area contributed by atoms with E-state index in [1.807, 2.05) is 0 Å². The second kappa shape index (κ2) is 5.69. The Kier molecular flexibility index (Phi) is 3.99. The van der Waals surface area contributed by atoms with Crippen molar-refractivity contribution in [3.05, 3.63) is 24.0 Å². The van der Waals surface area contributed by atoms with Crippen molar-refractivity contribution in [2.75, 3.05) is 39.0 Å². The Morgan fingerprint density at radius 1 is 1.42 bits per heavy atom. The Morgan fingerprint density at radius 3 is 2.95 bits per heavy atom. The third kappa shape index (κ3) is 3.01. The van der Waals surface area contributed by atoms with Crippen molar-refractivity contribution in [1.29, 1.82) is 0 Å². The van der Waals surface area contributed by atoms with Crippen molar-refractivity contribution in [2.45, 2.75) is 6.42 Å². The molecule has 1 fully saturated rings. The quantitative estimate of drug-likeness (QED) is 0.839. The SMILES string of the molecule is CNc1ccnc(C(=O)N2CCCN(C)C(=O)C2)c1. The van der Waals surface area contributed by atoms with Gasteiger partial charge in [0, 0.05) is 39.1 Å². The number of anilines is 1. The van der Waals surface area contributed by atoms with Crippen LogP contribution in [0.15, 0.2) is 18.3 Å². The lowest BCUT2D eigenvalue weighted by Gasteiger charge is -2.19. The predicted octanol–water partition coefficient (Wildman–Crippen LogP) is 0.428. The van der Waals surface area contributed by atoms with Crippen LogP contribution in [0.3, 0.4) is 0 Å². The highest BCUT2D eigenvalue weighted by Crippen LogP contribution is 2.11. The van der Waals surface area contributed by atoms with Gasteiger partial charge in [-0.25, -0.2) is 0 Å². The number of likely N-dealkylation sites (N-methyl/N-ethyl adjacent to an activating group) is 1. The van der Waals surface area contributed by atoms with Crippen LogP contribution in [0.2, 0.25) is 0 Å². The molecular weight excluding hydrogens is 244 g/mol. The summed E-state index contributed by atoms with van der Waals surface area (Å²) in [5, 5.41) is 2.97. The molecule has 6 heteroatoms. The molecule has 1 aromatic heterocycles. The molecule has 0 aromatic carbocycles. The van der Waals surface area contributed by atoms with Gasteiger partial charge in [0.25, 0.3) is 5.91 Å². The first-order valence-electron chi connectivity index (χ1n) is 6.29. The number of pyridine rings is 1. The van der Waals surface area contributed by atoms with E-state index in [1.165, 1.54) is 0 Å². The van der Waals surface area contributed by atoms with Gasteiger partial charge in [-0.05, 0) is 18.6 Å². The van der Waals surface area contributed by atoms with Gasteiger partial charge in [-0.1, -0.05) is 0 Å². The van der Waals surface area contributed by atoms with Crippen LogP contribution in [0, 0.1) is 0 Å². The van der Waals surface area contributed by atoms with E-state index in [-0.39, 0.29) is 18.4 Å². The van der Waals surface area contributed by atoms with E-state index in [4.69, 9.17) is 0 Å². The molecule has 1 saturated heterocycles. The highest BCUT2D eigenvalue weighted by atomic mass is 16.2. The van der Waals surface area contributed by atoms with Crippen LogP contribution >= 0.6 is 0 Å². The van der Waals surface area contributed by atoms with Crippen LogP contribution in [-0.2, 0) is 4.79 Å². The fourth-order valence-corrected chi connectivity index (χ4v) is 2.02. The lowest BCUT2D eigenvalue weighted by atomic mass is 10.2. The number of carbonyl (C=O) groups is 2. The maximum atomic E-state index is 12.3. The van der Waals surface area contributed by atoms with Crippen molar-refractivity contribution >= 4 is 17.5 Å². The summed E-state index contributed by atoms with van der Waals surface area (Å²) in [6.45, 7) is 1.40. The molecule has 1 aliphatic rings. The van der Waals surface area contributed by atoms with Crippen LogP contribution in [0.5, 0.6) is 0 Å². The van der Waals surface area contributed by atoms with Gasteiger partial charge in [0.1, 0.15) is 12.2 Å². The van der Waals surface area contributed by atoms with Crippen molar-refractivity contribution in [2.24, 2.45) is 0 Å². The number of carbonyl (C=O) groups excluding carboxylic acids is 2. The first kappa shape index (κ1) is 13.3. The molecule has 6 nitrogen and oxygen atoms in total. The number of nitrogens with one attached hydrogen (secondary N) is 1. The molecule has 1 aliphatic heterocycles. The van der Waals surface area contributed by atoms with Crippen LogP contribution in [0.25, 0.3) is 0 Å². The van der Waals surface area contributed by atoms with E-state index < -0.39 is 0 Å². The van der Waals surface area contributed by atoms with E-state index in [9.17, 15) is 9.59 Å². The molecule has 1 aromatic rings. The second-order valence-electron chi connectivity index (χ2n) is 4.58. The fraction of sp³-hybridized carbons (Fsp3) is 0.462. The van der Waals surface area contributed by atoms with E-state index in [1.54, 1.807) is 42.2 Å². The standard InChI is InChI=1S/C13H18N4O2/c1-14-10-4-5-15-11(8-10)13(19)17-7-3-6-16(2)12(18)9-17/h4-5,8H,3,6-7,9H2,1-2H3,(H,14,15). The molecule has 0 bridgehead atoms. The molecule has 2 rings (SSSR count). The summed E-state index contributed by atoms with van der Waals surface area (Å²) in [5.41, 5.74) is 1.20. The number of aromatic nitrogens is 1. The number of hydrogen-bond acceptors (Lipinski definition) is 4. The molecule has 0 spiro atoms. The molecule has 0 unspecified atom stereocenters. The molecule has 2 amide bonds. The normalized spacial score (nSPS) is 16.2. The minimum atomic E-state index is -0.194. The molecule has 0 atom stereocenters. The third-order valence-electron chi connectivity index (χ3n) is 3.23. The number of hydrogen-bond donors (Lipinski definition) is 1. The van der Waals surface area contributed by atoms with Gasteiger partial charge in [-0.2, -0.15) is 0 Å². The topological polar surface area (TPSA) is 65.5 Å². The first-order chi connectivity index (χ1) is 9.11. The summed E-state index contributed by atoms with van der Waals surface area (Å²) in [4.78, 5) is 31.4. The predicted molar refractivity (Wildman–Crippen MR) is 71.9 cm³/mol. The molecule has 19 heavy (non-hydrogen) atoms. The molecule has 102 valence electrons. The summed E-state index contributed by atoms with van der Waals surface area (Å²) in [6, 6.07) is 3.49. The summed E-state index contributed by atoms with van der Waals surface area (Å²) in [7, 11) is 3.55. The van der Waals surface area contributed by atoms with Crippen molar-refractivity contribution in [3.8, 4) is 0 Å². The zero-order chi connectivity index (χ0) is 13.8. The zero-order valence-electron chi connectivity index (χ0n) is 11.2. The number of rotatable bonds is 2. The Balaban J connectivity index is 2.16. The van der Waals surface area contributed by atoms with E-state index in [0.717, 1.165) is 12.1 Å². The van der Waals surface area contributed by atoms with E-state index in [2.05, 4.69) is 10.3 Å². The Bertz CT molecular complexity index is 489. The summed E-state index contributed by atoms with van der Waals surface area (Å²) in [5.74, 6) is -0.226. The van der Waals surface area contributed by atoms with Gasteiger partial charge in [-0.3, -0.25) is 14.6 Å². The Hall–Kier alpha value is -2.11. The zero-order valence-corrected chi connectivity index (χ0v) is 11.2. The van der Waals surface area contributed by atoms with Gasteiger partial charge < -0.3 is 15.1 Å². The van der Waals surface area contributed by atoms with Gasteiger partial charge in [0.2, 0.25) is 5.91 Å². The lowest BCUT2D eigenvalue weighted by Crippen LogP contribution is -2.38. The first-order valence-corrected chi connectivity index (χ1v) is 6.29. The van der Waals surface area contributed by atoms with Gasteiger partial charge in [-0.15, -0.1) is 0 Å². The molecule has 1 N–H and O–H groups in total. The summed E-state index contributed by atoms with van der Waals surface area (Å²) in [6.07, 6.45) is 2.38. The summed E-state index contributed by atoms with van der Waals surface area (Å²) < 4.78 is 0. The second-order valence-corrected chi connectivity index (χ2v) is 4.58. The molecule has 0 saturated carbocycles. The maximum absolute atomic E-state index is 12.3. The minimum Gasteiger partial charge on any atom is -0.388 e. The van der Waals surface area contributed by atoms with Crippen molar-refractivity contribution in [3.63, 3.8) is 0 Å². The average Bonchev–Trinajstić information content (AvgIpc) is 2.60. The van der Waals surface area contributed by atoms with Crippen LogP contribution in [0.1, 0.15) is 16.9 Å². The smallest absolute Gasteiger partial charge is 0.272 e. The maximum Gasteiger partial charge on any atom is 0.272 e. The van der Waals surface area contributed by atoms with Crippen LogP contribution < -0.4 is 5.32 Å². The lowest BCUT2D eigenvalue weighted by molar-refractivity contribution is -0.129. The largest absolute Gasteiger partial charge is 0.388 e. The van der Waals surface area contributed by atoms with Crippen LogP contribution in [0.4, 0.5) is 5.69 Å². The Morgan fingerprint density at radius 2 is 2.21 bits per heavy atom. The van der Waals surface area contributed by atoms with Crippen molar-refractivity contribution in [1.82, 2.24) is 14.8 Å². The molecule has 0 aliphatic carbocycles. The fourth-order valence-electron chi connectivity index (χ4n) is 2.02. The molecule has 2 heterocycles. The van der Waals surface area contributed by atoms with E-state index >= 15 is 0 Å². The monoisotopic (exact) mass is 262 g/mol. The molecular formula is C13H18N4O2. The van der Waals surface area contributed by atoms with Crippen molar-refractivity contribution < 1.29 is 9.59 Å². The molecule has 0 radical (unpaired) electrons. The summed E-state index contributed by atoms with van der Waals surface area (Å²) >= 11 is 0. The van der Waals surface area contributed by atoms with Gasteiger partial charge in [0.05, 0.1) is 0 Å². The van der Waals surface area contributed by atoms with Gasteiger partial charge in [0.15, 0.2) is 0 Å². The number of nitrogens with zero attached hydrogens (tertiary/aromatic N) is 3. The minimum absolute atomic E-state index is 0.0318. The van der Waals surface area contributed by atoms with E-state index in [0.29, 0.717) is 18.8 Å². The third-order valence-corrected chi connectivity index (χ3v) is 3.23. The highest BCUT2D eigenvalue weighted by Gasteiger charge is 2.24. The van der Waals surface area contributed by atoms with Crippen LogP contribution in [-0.4, -0.2) is 60.3 Å².